The van der Waals surface area contributed by atoms with Gasteiger partial charge < -0.3 is 4.90 Å². The van der Waals surface area contributed by atoms with E-state index in [-0.39, 0.29) is 11.8 Å². The van der Waals surface area contributed by atoms with Crippen molar-refractivity contribution in [2.45, 2.75) is 0 Å². The normalized spacial score (nSPS) is 9.95. The first kappa shape index (κ1) is 16.3. The second kappa shape index (κ2) is 7.26. The molecule has 2 N–H and O–H groups in total. The molecule has 0 heterocycles. The standard InChI is InChI=1S/C16H16IN3O2/c1-20(2)12-7-5-6-11(10-12)15(21)18-19-16(22)13-8-3-4-9-14(13)17/h3-10H,1-2H3,(H,18,21)(H,19,22). The van der Waals surface area contributed by atoms with Gasteiger partial charge in [0, 0.05) is 28.9 Å². The number of hydrogen-bond acceptors (Lipinski definition) is 3. The molecule has 0 radical (unpaired) electrons. The smallest absolute Gasteiger partial charge is 0.270 e. The molecule has 0 aromatic heterocycles. The van der Waals surface area contributed by atoms with E-state index in [0.717, 1.165) is 9.26 Å². The van der Waals surface area contributed by atoms with E-state index < -0.39 is 0 Å². The molecule has 22 heavy (non-hydrogen) atoms. The lowest BCUT2D eigenvalue weighted by Crippen LogP contribution is -2.41. The van der Waals surface area contributed by atoms with Crippen LogP contribution >= 0.6 is 22.6 Å². The number of hydrazine groups is 1. The van der Waals surface area contributed by atoms with Crippen LogP contribution < -0.4 is 15.8 Å². The van der Waals surface area contributed by atoms with Gasteiger partial charge in [-0.1, -0.05) is 18.2 Å². The maximum atomic E-state index is 12.1. The summed E-state index contributed by atoms with van der Waals surface area (Å²) in [6.45, 7) is 0. The van der Waals surface area contributed by atoms with E-state index >= 15 is 0 Å². The number of nitrogens with one attached hydrogen (secondary N) is 2. The predicted molar refractivity (Wildman–Crippen MR) is 94.9 cm³/mol. The van der Waals surface area contributed by atoms with E-state index in [1.54, 1.807) is 30.3 Å². The molecule has 0 atom stereocenters. The summed E-state index contributed by atoms with van der Waals surface area (Å²) >= 11 is 2.08. The third kappa shape index (κ3) is 3.97. The molecule has 0 aliphatic heterocycles. The molecule has 5 nitrogen and oxygen atoms in total. The zero-order valence-electron chi connectivity index (χ0n) is 12.3. The molecule has 0 saturated heterocycles. The Balaban J connectivity index is 2.03. The molecule has 6 heteroatoms. The number of hydrogen-bond donors (Lipinski definition) is 2. The Morgan fingerprint density at radius 1 is 0.955 bits per heavy atom. The van der Waals surface area contributed by atoms with Crippen molar-refractivity contribution in [1.29, 1.82) is 0 Å². The molecular formula is C16H16IN3O2. The van der Waals surface area contributed by atoms with Crippen LogP contribution in [0.5, 0.6) is 0 Å². The van der Waals surface area contributed by atoms with Crippen molar-refractivity contribution in [3.8, 4) is 0 Å². The first-order chi connectivity index (χ1) is 10.5. The van der Waals surface area contributed by atoms with Gasteiger partial charge in [0.05, 0.1) is 5.56 Å². The number of benzene rings is 2. The number of halogens is 1. The van der Waals surface area contributed by atoms with Crippen molar-refractivity contribution in [3.63, 3.8) is 0 Å². The van der Waals surface area contributed by atoms with Crippen molar-refractivity contribution >= 4 is 40.1 Å². The average Bonchev–Trinajstić information content (AvgIpc) is 2.52. The molecular weight excluding hydrogens is 393 g/mol. The molecule has 0 aliphatic carbocycles. The molecule has 0 bridgehead atoms. The quantitative estimate of drug-likeness (QED) is 0.605. The van der Waals surface area contributed by atoms with Crippen LogP contribution in [0, 0.1) is 3.57 Å². The Hall–Kier alpha value is -2.09. The van der Waals surface area contributed by atoms with E-state index in [4.69, 9.17) is 0 Å². The van der Waals surface area contributed by atoms with E-state index in [0.29, 0.717) is 11.1 Å². The SMILES string of the molecule is CN(C)c1cccc(C(=O)NNC(=O)c2ccccc2I)c1. The number of carbonyl (C=O) groups is 2. The highest BCUT2D eigenvalue weighted by Crippen LogP contribution is 2.13. The topological polar surface area (TPSA) is 61.4 Å². The Kier molecular flexibility index (Phi) is 5.37. The van der Waals surface area contributed by atoms with Gasteiger partial charge in [0.2, 0.25) is 0 Å². The Labute approximate surface area is 142 Å². The fraction of sp³-hybridized carbons (Fsp3) is 0.125. The molecule has 2 rings (SSSR count). The van der Waals surface area contributed by atoms with Crippen LogP contribution in [0.3, 0.4) is 0 Å². The van der Waals surface area contributed by atoms with Crippen LogP contribution in [0.2, 0.25) is 0 Å². The number of rotatable bonds is 3. The Bertz CT molecular complexity index is 701. The van der Waals surface area contributed by atoms with Gasteiger partial charge in [0.15, 0.2) is 0 Å². The lowest BCUT2D eigenvalue weighted by Gasteiger charge is -2.14. The van der Waals surface area contributed by atoms with Gasteiger partial charge in [-0.05, 0) is 52.9 Å². The second-order valence-corrected chi connectivity index (χ2v) is 6.00. The van der Waals surface area contributed by atoms with Gasteiger partial charge in [-0.15, -0.1) is 0 Å². The van der Waals surface area contributed by atoms with Crippen molar-refractivity contribution in [3.05, 3.63) is 63.2 Å². The van der Waals surface area contributed by atoms with Gasteiger partial charge in [0.25, 0.3) is 11.8 Å². The molecule has 114 valence electrons. The van der Waals surface area contributed by atoms with Crippen LogP contribution in [0.1, 0.15) is 20.7 Å². The van der Waals surface area contributed by atoms with Crippen molar-refractivity contribution in [2.75, 3.05) is 19.0 Å². The first-order valence-corrected chi connectivity index (χ1v) is 7.69. The van der Waals surface area contributed by atoms with E-state index in [2.05, 4.69) is 33.4 Å². The summed E-state index contributed by atoms with van der Waals surface area (Å²) in [5.74, 6) is -0.704. The lowest BCUT2D eigenvalue weighted by atomic mass is 10.2. The summed E-state index contributed by atoms with van der Waals surface area (Å²) in [6, 6.07) is 14.3. The van der Waals surface area contributed by atoms with Crippen molar-refractivity contribution in [1.82, 2.24) is 10.9 Å². The third-order valence-electron chi connectivity index (χ3n) is 3.03. The fourth-order valence-corrected chi connectivity index (χ4v) is 2.46. The minimum Gasteiger partial charge on any atom is -0.378 e. The Morgan fingerprint density at radius 3 is 2.32 bits per heavy atom. The first-order valence-electron chi connectivity index (χ1n) is 6.61. The van der Waals surface area contributed by atoms with Crippen LogP contribution in [0.25, 0.3) is 0 Å². The van der Waals surface area contributed by atoms with Gasteiger partial charge in [-0.2, -0.15) is 0 Å². The molecule has 2 aromatic carbocycles. The zero-order chi connectivity index (χ0) is 16.1. The minimum absolute atomic E-state index is 0.345. The summed E-state index contributed by atoms with van der Waals surface area (Å²) < 4.78 is 0.821. The molecule has 2 aromatic rings. The summed E-state index contributed by atoms with van der Waals surface area (Å²) in [5, 5.41) is 0. The highest BCUT2D eigenvalue weighted by molar-refractivity contribution is 14.1. The highest BCUT2D eigenvalue weighted by atomic mass is 127. The van der Waals surface area contributed by atoms with Crippen LogP contribution in [-0.2, 0) is 0 Å². The number of amides is 2. The third-order valence-corrected chi connectivity index (χ3v) is 3.97. The maximum Gasteiger partial charge on any atom is 0.270 e. The number of nitrogens with zero attached hydrogens (tertiary/aromatic N) is 1. The second-order valence-electron chi connectivity index (χ2n) is 4.83. The van der Waals surface area contributed by atoms with Gasteiger partial charge in [0.1, 0.15) is 0 Å². The molecule has 2 amide bonds. The molecule has 0 saturated carbocycles. The monoisotopic (exact) mass is 409 g/mol. The fourth-order valence-electron chi connectivity index (χ4n) is 1.82. The Morgan fingerprint density at radius 2 is 1.64 bits per heavy atom. The predicted octanol–water partition coefficient (Wildman–Crippen LogP) is 2.43. The van der Waals surface area contributed by atoms with Crippen molar-refractivity contribution in [2.24, 2.45) is 0 Å². The summed E-state index contributed by atoms with van der Waals surface area (Å²) in [4.78, 5) is 26.0. The maximum absolute atomic E-state index is 12.1. The van der Waals surface area contributed by atoms with E-state index in [9.17, 15) is 9.59 Å². The van der Waals surface area contributed by atoms with E-state index in [1.807, 2.05) is 37.2 Å². The van der Waals surface area contributed by atoms with Crippen LogP contribution in [0.15, 0.2) is 48.5 Å². The van der Waals surface area contributed by atoms with Gasteiger partial charge in [-0.25, -0.2) is 0 Å². The van der Waals surface area contributed by atoms with Gasteiger partial charge >= 0.3 is 0 Å². The average molecular weight is 409 g/mol. The van der Waals surface area contributed by atoms with Crippen LogP contribution in [-0.4, -0.2) is 25.9 Å². The molecule has 0 unspecified atom stereocenters. The minimum atomic E-state index is -0.358. The lowest BCUT2D eigenvalue weighted by molar-refractivity contribution is 0.0846. The van der Waals surface area contributed by atoms with Gasteiger partial charge in [-0.3, -0.25) is 20.4 Å². The highest BCUT2D eigenvalue weighted by Gasteiger charge is 2.11. The zero-order valence-corrected chi connectivity index (χ0v) is 14.4. The summed E-state index contributed by atoms with van der Waals surface area (Å²) in [7, 11) is 3.80. The molecule has 0 fully saturated rings. The van der Waals surface area contributed by atoms with E-state index in [1.165, 1.54) is 0 Å². The molecule has 0 aliphatic rings. The largest absolute Gasteiger partial charge is 0.378 e. The number of carbonyl (C=O) groups excluding carboxylic acids is 2. The number of anilines is 1. The summed E-state index contributed by atoms with van der Waals surface area (Å²) in [5.41, 5.74) is 6.77. The van der Waals surface area contributed by atoms with Crippen LogP contribution in [0.4, 0.5) is 5.69 Å². The molecule has 0 spiro atoms. The van der Waals surface area contributed by atoms with Crippen molar-refractivity contribution < 1.29 is 9.59 Å². The summed E-state index contributed by atoms with van der Waals surface area (Å²) in [6.07, 6.45) is 0.